The van der Waals surface area contributed by atoms with Gasteiger partial charge in [-0.3, -0.25) is 4.79 Å². The predicted molar refractivity (Wildman–Crippen MR) is 92.2 cm³/mol. The molecule has 0 bridgehead atoms. The molecule has 1 aliphatic rings. The lowest BCUT2D eigenvalue weighted by Crippen LogP contribution is -2.33. The first-order valence-corrected chi connectivity index (χ1v) is 8.12. The summed E-state index contributed by atoms with van der Waals surface area (Å²) in [7, 11) is 1.60. The first-order valence-electron chi connectivity index (χ1n) is 8.12. The summed E-state index contributed by atoms with van der Waals surface area (Å²) in [6, 6.07) is 10.1. The Hall–Kier alpha value is -2.47. The molecule has 24 heavy (non-hydrogen) atoms. The number of aryl methyl sites for hydroxylation is 1. The van der Waals surface area contributed by atoms with Crippen molar-refractivity contribution in [3.63, 3.8) is 0 Å². The lowest BCUT2D eigenvalue weighted by atomic mass is 10.0. The van der Waals surface area contributed by atoms with Gasteiger partial charge in [-0.05, 0) is 30.5 Å². The highest BCUT2D eigenvalue weighted by atomic mass is 16.5. The molecule has 0 unspecified atom stereocenters. The molecule has 0 aliphatic carbocycles. The number of rotatable bonds is 5. The van der Waals surface area contributed by atoms with Crippen molar-refractivity contribution in [2.45, 2.75) is 19.9 Å². The smallest absolute Gasteiger partial charge is 0.270 e. The summed E-state index contributed by atoms with van der Waals surface area (Å²) in [5.74, 6) is 0.414. The SMILES string of the molecule is COCCNC(=O)c1cc(C)nc(N2CCc3ccccc3C2)n1. The fraction of sp³-hybridized carbons (Fsp3) is 0.389. The van der Waals surface area contributed by atoms with Gasteiger partial charge < -0.3 is 15.0 Å². The van der Waals surface area contributed by atoms with Crippen LogP contribution in [0.3, 0.4) is 0 Å². The number of ether oxygens (including phenoxy) is 1. The van der Waals surface area contributed by atoms with E-state index in [4.69, 9.17) is 4.74 Å². The third kappa shape index (κ3) is 3.71. The van der Waals surface area contributed by atoms with Crippen LogP contribution in [0, 0.1) is 6.92 Å². The molecule has 6 nitrogen and oxygen atoms in total. The standard InChI is InChI=1S/C18H22N4O2/c1-13-11-16(17(23)19-8-10-24-2)21-18(20-13)22-9-7-14-5-3-4-6-15(14)12-22/h3-6,11H,7-10,12H2,1-2H3,(H,19,23). The number of amides is 1. The molecule has 0 radical (unpaired) electrons. The van der Waals surface area contributed by atoms with Crippen molar-refractivity contribution < 1.29 is 9.53 Å². The van der Waals surface area contributed by atoms with Gasteiger partial charge in [0.2, 0.25) is 5.95 Å². The normalized spacial score (nSPS) is 13.5. The number of benzene rings is 1. The second-order valence-corrected chi connectivity index (χ2v) is 5.88. The quantitative estimate of drug-likeness (QED) is 0.848. The van der Waals surface area contributed by atoms with Crippen molar-refractivity contribution in [3.8, 4) is 0 Å². The Morgan fingerprint density at radius 2 is 2.08 bits per heavy atom. The van der Waals surface area contributed by atoms with Crippen molar-refractivity contribution in [2.24, 2.45) is 0 Å². The first kappa shape index (κ1) is 16.4. The third-order valence-electron chi connectivity index (χ3n) is 4.08. The molecular weight excluding hydrogens is 304 g/mol. The van der Waals surface area contributed by atoms with Crippen LogP contribution in [-0.4, -0.2) is 42.7 Å². The number of anilines is 1. The average molecular weight is 326 g/mol. The van der Waals surface area contributed by atoms with Gasteiger partial charge in [-0.25, -0.2) is 9.97 Å². The zero-order chi connectivity index (χ0) is 16.9. The van der Waals surface area contributed by atoms with Crippen LogP contribution in [-0.2, 0) is 17.7 Å². The molecule has 1 aliphatic heterocycles. The van der Waals surface area contributed by atoms with Gasteiger partial charge in [0.05, 0.1) is 6.61 Å². The monoisotopic (exact) mass is 326 g/mol. The molecule has 2 aromatic rings. The molecule has 0 atom stereocenters. The number of hydrogen-bond donors (Lipinski definition) is 1. The van der Waals surface area contributed by atoms with Gasteiger partial charge in [0.15, 0.2) is 0 Å². The third-order valence-corrected chi connectivity index (χ3v) is 4.08. The van der Waals surface area contributed by atoms with Gasteiger partial charge >= 0.3 is 0 Å². The fourth-order valence-corrected chi connectivity index (χ4v) is 2.83. The number of nitrogens with zero attached hydrogens (tertiary/aromatic N) is 3. The maximum atomic E-state index is 12.2. The van der Waals surface area contributed by atoms with E-state index < -0.39 is 0 Å². The molecule has 1 aromatic carbocycles. The number of hydrogen-bond acceptors (Lipinski definition) is 5. The molecule has 1 amide bonds. The summed E-state index contributed by atoms with van der Waals surface area (Å²) >= 11 is 0. The lowest BCUT2D eigenvalue weighted by Gasteiger charge is -2.29. The van der Waals surface area contributed by atoms with Crippen LogP contribution in [0.15, 0.2) is 30.3 Å². The minimum Gasteiger partial charge on any atom is -0.383 e. The van der Waals surface area contributed by atoms with E-state index in [9.17, 15) is 4.79 Å². The van der Waals surface area contributed by atoms with E-state index in [1.54, 1.807) is 13.2 Å². The van der Waals surface area contributed by atoms with Crippen LogP contribution in [0.2, 0.25) is 0 Å². The summed E-state index contributed by atoms with van der Waals surface area (Å²) in [6.07, 6.45) is 0.961. The average Bonchev–Trinajstić information content (AvgIpc) is 2.61. The summed E-state index contributed by atoms with van der Waals surface area (Å²) < 4.78 is 4.95. The van der Waals surface area contributed by atoms with Crippen molar-refractivity contribution in [1.29, 1.82) is 0 Å². The lowest BCUT2D eigenvalue weighted by molar-refractivity contribution is 0.0932. The van der Waals surface area contributed by atoms with Crippen LogP contribution < -0.4 is 10.2 Å². The Bertz CT molecular complexity index is 733. The predicted octanol–water partition coefficient (Wildman–Crippen LogP) is 1.72. The molecule has 0 saturated heterocycles. The van der Waals surface area contributed by atoms with Gasteiger partial charge in [-0.2, -0.15) is 0 Å². The van der Waals surface area contributed by atoms with E-state index in [2.05, 4.69) is 38.4 Å². The zero-order valence-corrected chi connectivity index (χ0v) is 14.1. The Morgan fingerprint density at radius 3 is 2.88 bits per heavy atom. The molecule has 0 saturated carbocycles. The molecule has 1 N–H and O–H groups in total. The molecular formula is C18H22N4O2. The highest BCUT2D eigenvalue weighted by molar-refractivity contribution is 5.92. The summed E-state index contributed by atoms with van der Waals surface area (Å²) in [6.45, 7) is 4.45. The van der Waals surface area contributed by atoms with Crippen LogP contribution >= 0.6 is 0 Å². The summed E-state index contributed by atoms with van der Waals surface area (Å²) in [5, 5.41) is 2.80. The minimum absolute atomic E-state index is 0.198. The first-order chi connectivity index (χ1) is 11.7. The highest BCUT2D eigenvalue weighted by Gasteiger charge is 2.20. The number of carbonyl (C=O) groups is 1. The van der Waals surface area contributed by atoms with E-state index >= 15 is 0 Å². The maximum Gasteiger partial charge on any atom is 0.270 e. The Kier molecular flexibility index (Phi) is 5.05. The van der Waals surface area contributed by atoms with Crippen LogP contribution in [0.5, 0.6) is 0 Å². The molecule has 6 heteroatoms. The molecule has 2 heterocycles. The van der Waals surface area contributed by atoms with Crippen molar-refractivity contribution >= 4 is 11.9 Å². The van der Waals surface area contributed by atoms with E-state index in [0.717, 1.165) is 25.2 Å². The van der Waals surface area contributed by atoms with E-state index in [0.29, 0.717) is 24.8 Å². The molecule has 126 valence electrons. The molecule has 1 aromatic heterocycles. The topological polar surface area (TPSA) is 67.3 Å². The van der Waals surface area contributed by atoms with Crippen molar-refractivity contribution in [1.82, 2.24) is 15.3 Å². The summed E-state index contributed by atoms with van der Waals surface area (Å²) in [4.78, 5) is 23.3. The maximum absolute atomic E-state index is 12.2. The summed E-state index contributed by atoms with van der Waals surface area (Å²) in [5.41, 5.74) is 3.85. The Morgan fingerprint density at radius 1 is 1.29 bits per heavy atom. The number of fused-ring (bicyclic) bond motifs is 1. The Balaban J connectivity index is 1.78. The molecule has 0 spiro atoms. The van der Waals surface area contributed by atoms with E-state index in [1.807, 2.05) is 13.0 Å². The van der Waals surface area contributed by atoms with Gasteiger partial charge in [0, 0.05) is 32.4 Å². The number of nitrogens with one attached hydrogen (secondary N) is 1. The minimum atomic E-state index is -0.198. The van der Waals surface area contributed by atoms with Gasteiger partial charge in [-0.1, -0.05) is 24.3 Å². The van der Waals surface area contributed by atoms with Crippen LogP contribution in [0.4, 0.5) is 5.95 Å². The largest absolute Gasteiger partial charge is 0.383 e. The fourth-order valence-electron chi connectivity index (χ4n) is 2.83. The molecule has 3 rings (SSSR count). The Labute approximate surface area is 141 Å². The van der Waals surface area contributed by atoms with Crippen molar-refractivity contribution in [2.75, 3.05) is 31.7 Å². The number of aromatic nitrogens is 2. The second kappa shape index (κ2) is 7.40. The van der Waals surface area contributed by atoms with E-state index in [1.165, 1.54) is 11.1 Å². The number of methoxy groups -OCH3 is 1. The molecule has 0 fully saturated rings. The number of carbonyl (C=O) groups excluding carboxylic acids is 1. The van der Waals surface area contributed by atoms with Crippen LogP contribution in [0.1, 0.15) is 27.3 Å². The van der Waals surface area contributed by atoms with Gasteiger partial charge in [-0.15, -0.1) is 0 Å². The van der Waals surface area contributed by atoms with Crippen LogP contribution in [0.25, 0.3) is 0 Å². The van der Waals surface area contributed by atoms with Gasteiger partial charge in [0.1, 0.15) is 5.69 Å². The van der Waals surface area contributed by atoms with E-state index in [-0.39, 0.29) is 5.91 Å². The second-order valence-electron chi connectivity index (χ2n) is 5.88. The van der Waals surface area contributed by atoms with Gasteiger partial charge in [0.25, 0.3) is 5.91 Å². The highest BCUT2D eigenvalue weighted by Crippen LogP contribution is 2.22. The zero-order valence-electron chi connectivity index (χ0n) is 14.1. The van der Waals surface area contributed by atoms with Crippen molar-refractivity contribution in [3.05, 3.63) is 52.8 Å².